The van der Waals surface area contributed by atoms with Gasteiger partial charge in [0.2, 0.25) is 0 Å². The first-order chi connectivity index (χ1) is 11.4. The predicted octanol–water partition coefficient (Wildman–Crippen LogP) is 3.93. The first-order valence-corrected chi connectivity index (χ1v) is 9.69. The molecular formula is C20H21NO2S. The van der Waals surface area contributed by atoms with Crippen LogP contribution in [0.15, 0.2) is 71.8 Å². The number of benzene rings is 2. The maximum Gasteiger partial charge on any atom is 0.263 e. The van der Waals surface area contributed by atoms with Gasteiger partial charge in [-0.1, -0.05) is 61.0 Å². The molecule has 1 unspecified atom stereocenters. The minimum Gasteiger partial charge on any atom is -0.273 e. The largest absolute Gasteiger partial charge is 0.273 e. The van der Waals surface area contributed by atoms with Crippen LogP contribution in [0, 0.1) is 18.3 Å². The van der Waals surface area contributed by atoms with Gasteiger partial charge >= 0.3 is 0 Å². The van der Waals surface area contributed by atoms with Crippen LogP contribution in [0.4, 0.5) is 0 Å². The highest BCUT2D eigenvalue weighted by Crippen LogP contribution is 2.67. The smallest absolute Gasteiger partial charge is 0.263 e. The van der Waals surface area contributed by atoms with Crippen molar-refractivity contribution in [3.8, 4) is 0 Å². The van der Waals surface area contributed by atoms with E-state index >= 15 is 0 Å². The molecule has 0 amide bonds. The second kappa shape index (κ2) is 5.21. The van der Waals surface area contributed by atoms with Crippen LogP contribution in [0.5, 0.6) is 0 Å². The molecule has 0 bridgehead atoms. The Morgan fingerprint density at radius 3 is 2.38 bits per heavy atom. The van der Waals surface area contributed by atoms with Gasteiger partial charge in [0.1, 0.15) is 0 Å². The van der Waals surface area contributed by atoms with Crippen molar-refractivity contribution < 1.29 is 8.42 Å². The van der Waals surface area contributed by atoms with Crippen molar-refractivity contribution >= 4 is 10.0 Å². The molecule has 1 saturated carbocycles. The number of sulfonamides is 1. The summed E-state index contributed by atoms with van der Waals surface area (Å²) < 4.78 is 27.4. The molecule has 4 heteroatoms. The number of hydrogen-bond donors (Lipinski definition) is 0. The van der Waals surface area contributed by atoms with E-state index < -0.39 is 10.0 Å². The topological polar surface area (TPSA) is 37.4 Å². The summed E-state index contributed by atoms with van der Waals surface area (Å²) in [6.07, 6.45) is 3.82. The minimum atomic E-state index is -3.48. The monoisotopic (exact) mass is 339 g/mol. The zero-order valence-electron chi connectivity index (χ0n) is 13.9. The molecule has 4 rings (SSSR count). The Hall–Kier alpha value is -2.07. The van der Waals surface area contributed by atoms with Crippen molar-refractivity contribution in [1.29, 1.82) is 0 Å². The lowest BCUT2D eigenvalue weighted by Gasteiger charge is -2.27. The number of fused-ring (bicyclic) bond motifs is 1. The Balaban J connectivity index is 1.62. The van der Waals surface area contributed by atoms with Crippen molar-refractivity contribution in [3.63, 3.8) is 0 Å². The first kappa shape index (κ1) is 15.5. The molecule has 2 aliphatic rings. The molecule has 2 aromatic carbocycles. The van der Waals surface area contributed by atoms with E-state index in [9.17, 15) is 8.42 Å². The Labute approximate surface area is 143 Å². The standard InChI is InChI=1S/C20H21NO2S/c1-15-8-10-17(11-9-15)24(22,23)21-13-12-18-19(20(18,2)14-21)16-6-4-3-5-7-16/h3-13,18-19H,14H2,1-2H3/t18?,19-,20-/m0/s1. The SMILES string of the molecule is Cc1ccc(S(=O)(=O)N2C=CC3[C@H](c4ccccc4)[C@@]3(C)C2)cc1. The lowest BCUT2D eigenvalue weighted by atomic mass is 10.0. The Bertz CT molecular complexity index is 887. The maximum atomic E-state index is 12.9. The van der Waals surface area contributed by atoms with Crippen LogP contribution in [-0.2, 0) is 10.0 Å². The summed E-state index contributed by atoms with van der Waals surface area (Å²) in [5.74, 6) is 0.817. The molecule has 1 aliphatic carbocycles. The Morgan fingerprint density at radius 2 is 1.71 bits per heavy atom. The van der Waals surface area contributed by atoms with E-state index in [-0.39, 0.29) is 5.41 Å². The Kier molecular flexibility index (Phi) is 3.36. The molecular weight excluding hydrogens is 318 g/mol. The lowest BCUT2D eigenvalue weighted by Crippen LogP contribution is -2.34. The molecule has 0 aromatic heterocycles. The molecule has 2 aromatic rings. The third kappa shape index (κ3) is 2.28. The lowest BCUT2D eigenvalue weighted by molar-refractivity contribution is 0.375. The van der Waals surface area contributed by atoms with Crippen LogP contribution in [0.2, 0.25) is 0 Å². The fraction of sp³-hybridized carbons (Fsp3) is 0.300. The highest BCUT2D eigenvalue weighted by Gasteiger charge is 2.62. The molecule has 0 radical (unpaired) electrons. The zero-order valence-corrected chi connectivity index (χ0v) is 14.7. The summed E-state index contributed by atoms with van der Waals surface area (Å²) in [6, 6.07) is 17.5. The zero-order chi connectivity index (χ0) is 16.9. The molecule has 24 heavy (non-hydrogen) atoms. The molecule has 3 nitrogen and oxygen atoms in total. The fourth-order valence-corrected chi connectivity index (χ4v) is 5.40. The van der Waals surface area contributed by atoms with Crippen LogP contribution in [-0.4, -0.2) is 19.3 Å². The Morgan fingerprint density at radius 1 is 1.04 bits per heavy atom. The molecule has 3 atom stereocenters. The van der Waals surface area contributed by atoms with E-state index in [4.69, 9.17) is 0 Å². The molecule has 1 heterocycles. The van der Waals surface area contributed by atoms with Gasteiger partial charge in [0.15, 0.2) is 0 Å². The normalized spacial score (nSPS) is 28.5. The number of nitrogens with zero attached hydrogens (tertiary/aromatic N) is 1. The van der Waals surface area contributed by atoms with E-state index in [2.05, 4.69) is 25.1 Å². The van der Waals surface area contributed by atoms with Gasteiger partial charge in [0, 0.05) is 18.2 Å². The van der Waals surface area contributed by atoms with Gasteiger partial charge in [0.25, 0.3) is 10.0 Å². The third-order valence-electron chi connectivity index (χ3n) is 5.46. The second-order valence-corrected chi connectivity index (χ2v) is 9.02. The van der Waals surface area contributed by atoms with Crippen molar-refractivity contribution in [2.24, 2.45) is 11.3 Å². The molecule has 124 valence electrons. The van der Waals surface area contributed by atoms with Crippen molar-refractivity contribution in [1.82, 2.24) is 4.31 Å². The average molecular weight is 339 g/mol. The fourth-order valence-electron chi connectivity index (χ4n) is 3.97. The van der Waals surface area contributed by atoms with Crippen molar-refractivity contribution in [2.45, 2.75) is 24.7 Å². The van der Waals surface area contributed by atoms with Gasteiger partial charge in [0.05, 0.1) is 4.90 Å². The minimum absolute atomic E-state index is 0.0200. The number of hydrogen-bond acceptors (Lipinski definition) is 2. The number of aryl methyl sites for hydroxylation is 1. The molecule has 1 aliphatic heterocycles. The summed E-state index contributed by atoms with van der Waals surface area (Å²) in [5.41, 5.74) is 2.33. The first-order valence-electron chi connectivity index (χ1n) is 8.25. The molecule has 0 N–H and O–H groups in total. The average Bonchev–Trinajstić information content (AvgIpc) is 3.20. The van der Waals surface area contributed by atoms with E-state index in [1.165, 1.54) is 9.87 Å². The molecule has 0 saturated heterocycles. The molecule has 1 fully saturated rings. The van der Waals surface area contributed by atoms with Crippen LogP contribution in [0.25, 0.3) is 0 Å². The summed E-state index contributed by atoms with van der Waals surface area (Å²) >= 11 is 0. The predicted molar refractivity (Wildman–Crippen MR) is 95.0 cm³/mol. The van der Waals surface area contributed by atoms with Gasteiger partial charge in [-0.25, -0.2) is 8.42 Å². The second-order valence-electron chi connectivity index (χ2n) is 7.12. The number of allylic oxidation sites excluding steroid dienone is 1. The maximum absolute atomic E-state index is 12.9. The van der Waals surface area contributed by atoms with E-state index in [1.54, 1.807) is 18.3 Å². The number of rotatable bonds is 3. The summed E-state index contributed by atoms with van der Waals surface area (Å²) in [7, 11) is -3.48. The van der Waals surface area contributed by atoms with Gasteiger partial charge in [-0.3, -0.25) is 4.31 Å². The summed E-state index contributed by atoms with van der Waals surface area (Å²) in [5, 5.41) is 0. The van der Waals surface area contributed by atoms with Crippen LogP contribution >= 0.6 is 0 Å². The van der Waals surface area contributed by atoms with Crippen LogP contribution in [0.3, 0.4) is 0 Å². The quantitative estimate of drug-likeness (QED) is 0.849. The van der Waals surface area contributed by atoms with E-state index in [0.717, 1.165) is 5.56 Å². The van der Waals surface area contributed by atoms with Gasteiger partial charge in [-0.2, -0.15) is 0 Å². The highest BCUT2D eigenvalue weighted by molar-refractivity contribution is 7.89. The molecule has 0 spiro atoms. The van der Waals surface area contributed by atoms with Crippen molar-refractivity contribution in [2.75, 3.05) is 6.54 Å². The van der Waals surface area contributed by atoms with Crippen LogP contribution in [0.1, 0.15) is 24.0 Å². The van der Waals surface area contributed by atoms with Gasteiger partial charge in [-0.05, 0) is 36.5 Å². The highest BCUT2D eigenvalue weighted by atomic mass is 32.2. The van der Waals surface area contributed by atoms with E-state index in [0.29, 0.717) is 23.3 Å². The summed E-state index contributed by atoms with van der Waals surface area (Å²) in [4.78, 5) is 0.358. The van der Waals surface area contributed by atoms with E-state index in [1.807, 2.05) is 37.3 Å². The van der Waals surface area contributed by atoms with Gasteiger partial charge in [-0.15, -0.1) is 0 Å². The van der Waals surface area contributed by atoms with Crippen molar-refractivity contribution in [3.05, 3.63) is 78.0 Å². The van der Waals surface area contributed by atoms with Gasteiger partial charge < -0.3 is 0 Å². The summed E-state index contributed by atoms with van der Waals surface area (Å²) in [6.45, 7) is 4.68. The van der Waals surface area contributed by atoms with Crippen LogP contribution < -0.4 is 0 Å². The third-order valence-corrected chi connectivity index (χ3v) is 7.20.